The summed E-state index contributed by atoms with van der Waals surface area (Å²) in [6.45, 7) is 1.64. The maximum absolute atomic E-state index is 14.8. The maximum atomic E-state index is 14.8. The quantitative estimate of drug-likeness (QED) is 0.366. The van der Waals surface area contributed by atoms with Gasteiger partial charge in [0.25, 0.3) is 5.91 Å². The van der Waals surface area contributed by atoms with Crippen LogP contribution in [0.3, 0.4) is 0 Å². The van der Waals surface area contributed by atoms with Crippen LogP contribution in [-0.2, 0) is 35.6 Å². The predicted molar refractivity (Wildman–Crippen MR) is 209 cm³/mol. The van der Waals surface area contributed by atoms with Gasteiger partial charge in [0.05, 0.1) is 22.3 Å². The van der Waals surface area contributed by atoms with Crippen LogP contribution >= 0.6 is 0 Å². The molecule has 4 aliphatic carbocycles. The van der Waals surface area contributed by atoms with Crippen LogP contribution in [0.25, 0.3) is 11.0 Å². The van der Waals surface area contributed by atoms with Gasteiger partial charge in [-0.2, -0.15) is 0 Å². The van der Waals surface area contributed by atoms with Gasteiger partial charge < -0.3 is 25.0 Å². The average Bonchev–Trinajstić information content (AvgIpc) is 4.12. The number of aryl methyl sites for hydroxylation is 1. The first-order valence-corrected chi connectivity index (χ1v) is 22.6. The van der Waals surface area contributed by atoms with Crippen molar-refractivity contribution < 1.29 is 37.1 Å². The number of ether oxygens (including phenoxy) is 2. The van der Waals surface area contributed by atoms with Crippen molar-refractivity contribution in [2.24, 2.45) is 17.3 Å². The Morgan fingerprint density at radius 1 is 0.930 bits per heavy atom. The van der Waals surface area contributed by atoms with Crippen molar-refractivity contribution in [2.75, 3.05) is 6.54 Å². The molecule has 4 heterocycles. The van der Waals surface area contributed by atoms with E-state index in [2.05, 4.69) is 15.4 Å². The number of nitrogens with zero attached hydrogens (tertiary/aromatic N) is 3. The lowest BCUT2D eigenvalue weighted by atomic mass is 9.96. The van der Waals surface area contributed by atoms with Crippen molar-refractivity contribution >= 4 is 44.9 Å². The van der Waals surface area contributed by atoms with Gasteiger partial charge in [0.2, 0.25) is 27.7 Å². The summed E-state index contributed by atoms with van der Waals surface area (Å²) < 4.78 is 40.5. The zero-order chi connectivity index (χ0) is 39.6. The van der Waals surface area contributed by atoms with Gasteiger partial charge in [-0.15, -0.1) is 0 Å². The smallest absolute Gasteiger partial charge is 0.408 e. The molecule has 4 saturated carbocycles. The molecule has 3 bridgehead atoms. The summed E-state index contributed by atoms with van der Waals surface area (Å²) in [5.41, 5.74) is 0.647. The number of carbonyl (C=O) groups is 4. The molecule has 57 heavy (non-hydrogen) atoms. The number of allylic oxidation sites excluding steroid dienone is 1. The maximum Gasteiger partial charge on any atom is 0.408 e. The fourth-order valence-electron chi connectivity index (χ4n) is 10.1. The monoisotopic (exact) mass is 802 g/mol. The van der Waals surface area contributed by atoms with Gasteiger partial charge in [-0.25, -0.2) is 23.2 Å². The Labute approximate surface area is 333 Å². The summed E-state index contributed by atoms with van der Waals surface area (Å²) >= 11 is 0. The second kappa shape index (κ2) is 14.5. The third-order valence-corrected chi connectivity index (χ3v) is 16.3. The SMILES string of the molecule is CC1(S(=O)(=O)NC(=O)[C@@]23CC2/C=C\CCCCC[C@@H]2NC(=O)O[C@@H]4CCCC45CC5CCCCc4nc5ccccc5nc4O[C@@H]4C[C@@H](C(=O)N3)N(C4)C2=O)CC1. The number of carbonyl (C=O) groups excluding carboxylic acids is 4. The number of alkyl carbamates (subject to hydrolysis) is 1. The van der Waals surface area contributed by atoms with Crippen LogP contribution in [0.4, 0.5) is 4.79 Å². The molecule has 1 spiro atoms. The molecule has 306 valence electrons. The molecule has 7 aliphatic rings. The van der Waals surface area contributed by atoms with E-state index in [1.165, 1.54) is 4.90 Å². The Hall–Kier alpha value is -4.27. The Balaban J connectivity index is 1.05. The van der Waals surface area contributed by atoms with Crippen LogP contribution in [0.2, 0.25) is 0 Å². The number of rotatable bonds is 3. The number of fused-ring (bicyclic) bond motifs is 5. The number of amides is 4. The zero-order valence-corrected chi connectivity index (χ0v) is 33.5. The van der Waals surface area contributed by atoms with E-state index in [0.717, 1.165) is 69.0 Å². The number of nitrogens with one attached hydrogen (secondary N) is 3. The highest BCUT2D eigenvalue weighted by Gasteiger charge is 2.64. The predicted octanol–water partition coefficient (Wildman–Crippen LogP) is 4.75. The molecule has 3 N–H and O–H groups in total. The van der Waals surface area contributed by atoms with Crippen LogP contribution < -0.4 is 20.1 Å². The van der Waals surface area contributed by atoms with Crippen molar-refractivity contribution in [1.82, 2.24) is 30.2 Å². The van der Waals surface area contributed by atoms with Crippen molar-refractivity contribution in [3.63, 3.8) is 0 Å². The van der Waals surface area contributed by atoms with Crippen LogP contribution in [-0.4, -0.2) is 88.2 Å². The topological polar surface area (TPSA) is 186 Å². The number of benzene rings is 1. The standard InChI is InChI=1S/C42H54N6O8S/c1-40(20-21-40)57(53,54)47-38(51)42-24-27(42)13-5-3-2-4-6-17-32-37(50)48-25-28(22-33(48)35(49)46-42)55-36-31(43-29-14-9-10-15-30(29)44-36)16-8-7-12-26-23-41(26)19-11-18-34(41)56-39(52)45-32/h5,9-10,13-15,26-28,32-34H,2-4,6-8,11-12,16-25H2,1H3,(H,45,52)(H,46,49)(H,47,51)/b13-5-/t26?,27?,28-,32+,33+,34-,41?,42-/m1/s1. The van der Waals surface area contributed by atoms with Gasteiger partial charge in [0.15, 0.2) is 0 Å². The largest absolute Gasteiger partial charge is 0.471 e. The lowest BCUT2D eigenvalue weighted by Crippen LogP contribution is -2.58. The van der Waals surface area contributed by atoms with E-state index in [1.54, 1.807) is 6.92 Å². The average molecular weight is 803 g/mol. The van der Waals surface area contributed by atoms with Crippen LogP contribution in [0.1, 0.15) is 115 Å². The first-order valence-electron chi connectivity index (χ1n) is 21.2. The van der Waals surface area contributed by atoms with Crippen molar-refractivity contribution in [1.29, 1.82) is 0 Å². The van der Waals surface area contributed by atoms with Gasteiger partial charge in [-0.05, 0) is 108 Å². The zero-order valence-electron chi connectivity index (χ0n) is 32.7. The highest BCUT2D eigenvalue weighted by Crippen LogP contribution is 2.65. The first-order chi connectivity index (χ1) is 27.4. The Morgan fingerprint density at radius 3 is 2.53 bits per heavy atom. The molecule has 4 amide bonds. The molecule has 14 nitrogen and oxygen atoms in total. The van der Waals surface area contributed by atoms with Crippen LogP contribution in [0.15, 0.2) is 36.4 Å². The van der Waals surface area contributed by atoms with Crippen LogP contribution in [0, 0.1) is 17.3 Å². The number of aromatic nitrogens is 2. The first kappa shape index (κ1) is 38.3. The molecule has 3 unspecified atom stereocenters. The summed E-state index contributed by atoms with van der Waals surface area (Å²) in [7, 11) is -3.98. The van der Waals surface area contributed by atoms with E-state index >= 15 is 0 Å². The van der Waals surface area contributed by atoms with Crippen LogP contribution in [0.5, 0.6) is 5.88 Å². The molecule has 9 rings (SSSR count). The fourth-order valence-corrected chi connectivity index (χ4v) is 11.4. The number of hydrogen-bond acceptors (Lipinski definition) is 10. The third-order valence-electron chi connectivity index (χ3n) is 14.1. The Kier molecular flexibility index (Phi) is 9.75. The Bertz CT molecular complexity index is 2110. The molecule has 1 aromatic heterocycles. The van der Waals surface area contributed by atoms with E-state index in [-0.39, 0.29) is 30.9 Å². The van der Waals surface area contributed by atoms with Gasteiger partial charge in [0.1, 0.15) is 35.5 Å². The fraction of sp³-hybridized carbons (Fsp3) is 0.667. The summed E-state index contributed by atoms with van der Waals surface area (Å²) in [5.74, 6) is -1.36. The van der Waals surface area contributed by atoms with Crippen molar-refractivity contribution in [2.45, 2.75) is 151 Å². The van der Waals surface area contributed by atoms with Gasteiger partial charge >= 0.3 is 6.09 Å². The van der Waals surface area contributed by atoms with E-state index in [0.29, 0.717) is 55.8 Å². The third kappa shape index (κ3) is 7.26. The van der Waals surface area contributed by atoms with E-state index in [1.807, 2.05) is 36.4 Å². The molecule has 1 aromatic carbocycles. The summed E-state index contributed by atoms with van der Waals surface area (Å²) in [5, 5.41) is 5.87. The molecular formula is C42H54N6O8S. The molecular weight excluding hydrogens is 749 g/mol. The van der Waals surface area contributed by atoms with Crippen molar-refractivity contribution in [3.8, 4) is 5.88 Å². The lowest BCUT2D eigenvalue weighted by molar-refractivity contribution is -0.141. The molecule has 1 saturated heterocycles. The Morgan fingerprint density at radius 2 is 1.72 bits per heavy atom. The number of sulfonamides is 1. The minimum Gasteiger partial charge on any atom is -0.471 e. The minimum atomic E-state index is -3.98. The van der Waals surface area contributed by atoms with E-state index in [9.17, 15) is 27.6 Å². The molecule has 2 aromatic rings. The normalized spacial score (nSPS) is 35.8. The van der Waals surface area contributed by atoms with E-state index < -0.39 is 68.2 Å². The highest BCUT2D eigenvalue weighted by molar-refractivity contribution is 7.91. The molecule has 3 aliphatic heterocycles. The highest BCUT2D eigenvalue weighted by atomic mass is 32.2. The lowest BCUT2D eigenvalue weighted by Gasteiger charge is -2.30. The van der Waals surface area contributed by atoms with Crippen molar-refractivity contribution in [3.05, 3.63) is 42.1 Å². The second-order valence-electron chi connectivity index (χ2n) is 18.0. The molecule has 0 radical (unpaired) electrons. The second-order valence-corrected chi connectivity index (χ2v) is 20.2. The van der Waals surface area contributed by atoms with Gasteiger partial charge in [-0.3, -0.25) is 19.1 Å². The molecule has 5 fully saturated rings. The number of hydrogen-bond donors (Lipinski definition) is 3. The van der Waals surface area contributed by atoms with Gasteiger partial charge in [0, 0.05) is 17.8 Å². The summed E-state index contributed by atoms with van der Waals surface area (Å²) in [4.78, 5) is 68.3. The minimum absolute atomic E-state index is 0.0108. The van der Waals surface area contributed by atoms with E-state index in [4.69, 9.17) is 19.4 Å². The summed E-state index contributed by atoms with van der Waals surface area (Å²) in [6.07, 6.45) is 14.3. The van der Waals surface area contributed by atoms with Gasteiger partial charge in [-0.1, -0.05) is 43.5 Å². The molecule has 15 heteroatoms. The number of para-hydroxylation sites is 2. The summed E-state index contributed by atoms with van der Waals surface area (Å²) in [6, 6.07) is 5.59. The molecule has 8 atom stereocenters.